The number of anilines is 1. The molecule has 2 aromatic rings. The van der Waals surface area contributed by atoms with Crippen molar-refractivity contribution in [3.63, 3.8) is 0 Å². The molecule has 2 amide bonds. The fourth-order valence-electron chi connectivity index (χ4n) is 2.87. The summed E-state index contributed by atoms with van der Waals surface area (Å²) in [4.78, 5) is 27.3. The number of hydrogen-bond donors (Lipinski definition) is 2. The van der Waals surface area contributed by atoms with Crippen molar-refractivity contribution < 1.29 is 23.6 Å². The fourth-order valence-corrected chi connectivity index (χ4v) is 2.87. The van der Waals surface area contributed by atoms with E-state index in [4.69, 9.17) is 9.15 Å². The molecule has 0 aliphatic carbocycles. The minimum absolute atomic E-state index is 0.0361. The molecule has 0 saturated carbocycles. The zero-order valence-corrected chi connectivity index (χ0v) is 14.2. The summed E-state index contributed by atoms with van der Waals surface area (Å²) in [6.45, 7) is 3.09. The number of nitrogens with one attached hydrogen (secondary N) is 2. The lowest BCUT2D eigenvalue weighted by Gasteiger charge is -2.31. The monoisotopic (exact) mass is 344 g/mol. The fraction of sp³-hybridized carbons (Fsp3) is 0.333. The first-order valence-corrected chi connectivity index (χ1v) is 8.26. The van der Waals surface area contributed by atoms with E-state index in [-0.39, 0.29) is 11.8 Å². The van der Waals surface area contributed by atoms with Gasteiger partial charge in [0.1, 0.15) is 5.75 Å². The summed E-state index contributed by atoms with van der Waals surface area (Å²) < 4.78 is 10.2. The third-order valence-electron chi connectivity index (χ3n) is 4.27. The molecule has 25 heavy (non-hydrogen) atoms. The molecule has 0 bridgehead atoms. The molecule has 1 aliphatic rings. The van der Waals surface area contributed by atoms with Crippen LogP contribution < -0.4 is 15.0 Å². The van der Waals surface area contributed by atoms with Crippen LogP contribution in [0.4, 0.5) is 5.69 Å². The van der Waals surface area contributed by atoms with Gasteiger partial charge in [0.25, 0.3) is 11.8 Å². The second-order valence-corrected chi connectivity index (χ2v) is 5.97. The van der Waals surface area contributed by atoms with E-state index in [0.717, 1.165) is 29.4 Å². The van der Waals surface area contributed by atoms with E-state index < -0.39 is 0 Å². The maximum absolute atomic E-state index is 12.2. The van der Waals surface area contributed by atoms with Gasteiger partial charge in [-0.15, -0.1) is 0 Å². The zero-order chi connectivity index (χ0) is 17.6. The van der Waals surface area contributed by atoms with Crippen molar-refractivity contribution in [1.29, 1.82) is 0 Å². The lowest BCUT2D eigenvalue weighted by atomic mass is 10.2. The summed E-state index contributed by atoms with van der Waals surface area (Å²) in [5.41, 5.74) is 0.747. The number of benzene rings is 1. The first-order chi connectivity index (χ1) is 12.2. The Labute approximate surface area is 146 Å². The number of furan rings is 1. The quantitative estimate of drug-likeness (QED) is 0.816. The molecule has 3 rings (SSSR count). The van der Waals surface area contributed by atoms with Gasteiger partial charge in [0.15, 0.2) is 12.3 Å². The van der Waals surface area contributed by atoms with Gasteiger partial charge in [-0.25, -0.2) is 0 Å². The zero-order valence-electron chi connectivity index (χ0n) is 14.2. The minimum atomic E-state index is -0.0910. The number of piperazine rings is 1. The molecule has 0 unspecified atom stereocenters. The molecule has 7 nitrogen and oxygen atoms in total. The molecule has 0 atom stereocenters. The molecule has 1 fully saturated rings. The highest BCUT2D eigenvalue weighted by molar-refractivity contribution is 5.92. The lowest BCUT2D eigenvalue weighted by molar-refractivity contribution is -0.895. The normalized spacial score (nSPS) is 15.0. The number of nitrogens with zero attached hydrogens (tertiary/aromatic N) is 1. The third kappa shape index (κ3) is 4.39. The van der Waals surface area contributed by atoms with Gasteiger partial charge in [0.2, 0.25) is 0 Å². The Bertz CT molecular complexity index is 704. The molecule has 1 aromatic heterocycles. The van der Waals surface area contributed by atoms with Crippen molar-refractivity contribution in [3.05, 3.63) is 48.4 Å². The molecule has 2 N–H and O–H groups in total. The molecule has 1 saturated heterocycles. The number of methoxy groups -OCH3 is 1. The molecular weight excluding hydrogens is 322 g/mol. The van der Waals surface area contributed by atoms with Crippen molar-refractivity contribution in [1.82, 2.24) is 4.90 Å². The van der Waals surface area contributed by atoms with Gasteiger partial charge in [-0.2, -0.15) is 0 Å². The van der Waals surface area contributed by atoms with E-state index in [1.807, 2.05) is 24.3 Å². The predicted octanol–water partition coefficient (Wildman–Crippen LogP) is 0.268. The number of amides is 2. The van der Waals surface area contributed by atoms with Crippen molar-refractivity contribution >= 4 is 17.5 Å². The second kappa shape index (κ2) is 7.85. The smallest absolute Gasteiger partial charge is 0.289 e. The van der Waals surface area contributed by atoms with E-state index in [9.17, 15) is 9.59 Å². The Hall–Kier alpha value is -2.80. The van der Waals surface area contributed by atoms with Crippen molar-refractivity contribution in [2.75, 3.05) is 45.2 Å². The summed E-state index contributed by atoms with van der Waals surface area (Å²) >= 11 is 0. The van der Waals surface area contributed by atoms with Gasteiger partial charge in [-0.3, -0.25) is 9.59 Å². The van der Waals surface area contributed by atoms with Crippen LogP contribution in [-0.2, 0) is 4.79 Å². The highest BCUT2D eigenvalue weighted by Crippen LogP contribution is 2.14. The number of carbonyl (C=O) groups is 2. The van der Waals surface area contributed by atoms with Crippen LogP contribution >= 0.6 is 0 Å². The van der Waals surface area contributed by atoms with E-state index in [1.54, 1.807) is 24.1 Å². The molecule has 0 radical (unpaired) electrons. The third-order valence-corrected chi connectivity index (χ3v) is 4.27. The number of carbonyl (C=O) groups excluding carboxylic acids is 2. The van der Waals surface area contributed by atoms with Crippen LogP contribution in [0.5, 0.6) is 5.75 Å². The van der Waals surface area contributed by atoms with Crippen molar-refractivity contribution in [3.8, 4) is 5.75 Å². The van der Waals surface area contributed by atoms with E-state index in [2.05, 4.69) is 5.32 Å². The Morgan fingerprint density at radius 3 is 2.52 bits per heavy atom. The average molecular weight is 344 g/mol. The summed E-state index contributed by atoms with van der Waals surface area (Å²) in [7, 11) is 1.60. The molecular formula is C18H22N3O4+. The van der Waals surface area contributed by atoms with Crippen molar-refractivity contribution in [2.45, 2.75) is 0 Å². The molecule has 7 heteroatoms. The molecule has 132 valence electrons. The van der Waals surface area contributed by atoms with Gasteiger partial charge in [0.05, 0.1) is 39.6 Å². The average Bonchev–Trinajstić information content (AvgIpc) is 3.17. The molecule has 0 spiro atoms. The Morgan fingerprint density at radius 2 is 1.92 bits per heavy atom. The van der Waals surface area contributed by atoms with Crippen LogP contribution in [0.15, 0.2) is 47.1 Å². The Morgan fingerprint density at radius 1 is 1.20 bits per heavy atom. The maximum atomic E-state index is 12.2. The highest BCUT2D eigenvalue weighted by atomic mass is 16.5. The van der Waals surface area contributed by atoms with Crippen LogP contribution in [-0.4, -0.2) is 56.5 Å². The van der Waals surface area contributed by atoms with Crippen molar-refractivity contribution in [2.24, 2.45) is 0 Å². The summed E-state index contributed by atoms with van der Waals surface area (Å²) in [5.74, 6) is 0.986. The standard InChI is InChI=1S/C18H21N3O4/c1-24-15-6-4-14(5-7-15)19-17(22)13-20-8-10-21(11-9-20)18(23)16-3-2-12-25-16/h2-7,12H,8-11,13H2,1H3,(H,19,22)/p+1. The summed E-state index contributed by atoms with van der Waals surface area (Å²) in [5, 5.41) is 2.89. The molecule has 2 heterocycles. The molecule has 1 aliphatic heterocycles. The van der Waals surface area contributed by atoms with Gasteiger partial charge >= 0.3 is 0 Å². The van der Waals surface area contributed by atoms with Gasteiger partial charge in [-0.1, -0.05) is 0 Å². The number of rotatable bonds is 5. The first-order valence-electron chi connectivity index (χ1n) is 8.26. The second-order valence-electron chi connectivity index (χ2n) is 5.97. The van der Waals surface area contributed by atoms with Gasteiger partial charge in [0, 0.05) is 5.69 Å². The van der Waals surface area contributed by atoms with E-state index in [1.165, 1.54) is 6.26 Å². The van der Waals surface area contributed by atoms with Gasteiger partial charge in [-0.05, 0) is 36.4 Å². The van der Waals surface area contributed by atoms with Crippen LogP contribution in [0.2, 0.25) is 0 Å². The van der Waals surface area contributed by atoms with Crippen LogP contribution in [0.25, 0.3) is 0 Å². The summed E-state index contributed by atoms with van der Waals surface area (Å²) in [6, 6.07) is 10.6. The minimum Gasteiger partial charge on any atom is -0.497 e. The Kier molecular flexibility index (Phi) is 5.35. The lowest BCUT2D eigenvalue weighted by Crippen LogP contribution is -3.15. The number of hydrogen-bond acceptors (Lipinski definition) is 4. The van der Waals surface area contributed by atoms with E-state index >= 15 is 0 Å². The van der Waals surface area contributed by atoms with Crippen LogP contribution in [0.1, 0.15) is 10.6 Å². The summed E-state index contributed by atoms with van der Waals surface area (Å²) in [6.07, 6.45) is 1.50. The molecule has 1 aromatic carbocycles. The first kappa shape index (κ1) is 17.0. The topological polar surface area (TPSA) is 76.2 Å². The SMILES string of the molecule is COc1ccc(NC(=O)C[NH+]2CCN(C(=O)c3ccco3)CC2)cc1. The largest absolute Gasteiger partial charge is 0.497 e. The highest BCUT2D eigenvalue weighted by Gasteiger charge is 2.27. The van der Waals surface area contributed by atoms with Crippen LogP contribution in [0.3, 0.4) is 0 Å². The van der Waals surface area contributed by atoms with E-state index in [0.29, 0.717) is 25.4 Å². The predicted molar refractivity (Wildman–Crippen MR) is 91.8 cm³/mol. The number of quaternary nitrogens is 1. The Balaban J connectivity index is 1.45. The van der Waals surface area contributed by atoms with Crippen LogP contribution in [0, 0.1) is 0 Å². The maximum Gasteiger partial charge on any atom is 0.289 e. The van der Waals surface area contributed by atoms with Gasteiger partial charge < -0.3 is 24.3 Å². The number of ether oxygens (including phenoxy) is 1.